The van der Waals surface area contributed by atoms with Crippen LogP contribution in [0.25, 0.3) is 0 Å². The molecule has 4 aliphatic rings. The SMILES string of the molecule is CCOc1cc([C@H]2C3=CC[C@@H]4C(=O)N(c5ccc(C(=O)c6ccccc6)cc5)C(=O)[C@@H]4[C@@H]3C[C@@]3(Cl)C(=O)N(c4ccc(F)cc4)C(=O)[C@@]23Cl)ccc1O. The number of phenols is 1. The van der Waals surface area contributed by atoms with Crippen LogP contribution in [0, 0.1) is 23.6 Å². The number of ether oxygens (including phenoxy) is 1. The lowest BCUT2D eigenvalue weighted by Gasteiger charge is -2.50. The van der Waals surface area contributed by atoms with E-state index in [2.05, 4.69) is 0 Å². The number of amides is 4. The topological polar surface area (TPSA) is 121 Å². The summed E-state index contributed by atoms with van der Waals surface area (Å²) in [4.78, 5) is 68.4. The molecule has 4 aromatic carbocycles. The largest absolute Gasteiger partial charge is 0.504 e. The average molecular weight is 754 g/mol. The van der Waals surface area contributed by atoms with E-state index in [1.54, 1.807) is 67.6 Å². The fraction of sp³-hybridized carbons (Fsp3) is 0.244. The Hall–Kier alpha value is -5.32. The lowest BCUT2D eigenvalue weighted by atomic mass is 9.56. The van der Waals surface area contributed by atoms with Gasteiger partial charge in [0, 0.05) is 17.0 Å². The molecule has 4 amide bonds. The minimum Gasteiger partial charge on any atom is -0.504 e. The van der Waals surface area contributed by atoms with Gasteiger partial charge in [-0.15, -0.1) is 23.2 Å². The predicted octanol–water partition coefficient (Wildman–Crippen LogP) is 6.93. The first-order valence-corrected chi connectivity index (χ1v) is 17.9. The third-order valence-corrected chi connectivity index (χ3v) is 12.3. The zero-order valence-electron chi connectivity index (χ0n) is 28.2. The van der Waals surface area contributed by atoms with Gasteiger partial charge in [-0.2, -0.15) is 0 Å². The van der Waals surface area contributed by atoms with Crippen molar-refractivity contribution < 1.29 is 38.2 Å². The fourth-order valence-corrected chi connectivity index (χ4v) is 9.46. The van der Waals surface area contributed by atoms with Crippen molar-refractivity contribution >= 4 is 64.0 Å². The zero-order valence-corrected chi connectivity index (χ0v) is 29.7. The molecule has 9 nitrogen and oxygen atoms in total. The third kappa shape index (κ3) is 5.06. The number of halogens is 3. The second-order valence-electron chi connectivity index (χ2n) is 13.7. The molecule has 53 heavy (non-hydrogen) atoms. The summed E-state index contributed by atoms with van der Waals surface area (Å²) in [6, 6.07) is 24.2. The van der Waals surface area contributed by atoms with Gasteiger partial charge in [-0.1, -0.05) is 48.0 Å². The standard InChI is InChI=1S/C41H31Cl2FN2O7/c1-2-53-32-20-24(10-19-31(32)47)34-28-17-18-29-33(30(28)21-40(42)38(51)46(39(52)41(34,40)43)27-15-11-25(44)12-16-27)37(50)45(36(29)49)26-13-8-23(9-14-26)35(48)22-6-4-3-5-7-22/h3-17,19-20,29-30,33-34,47H,2,18,21H2,1H3/t29-,30+,33-,34-,40+,41-/m0/s1. The van der Waals surface area contributed by atoms with E-state index in [-0.39, 0.29) is 48.1 Å². The normalized spacial score (nSPS) is 27.7. The molecule has 0 spiro atoms. The first kappa shape index (κ1) is 34.7. The maximum Gasteiger partial charge on any atom is 0.258 e. The molecule has 2 aliphatic carbocycles. The van der Waals surface area contributed by atoms with E-state index in [4.69, 9.17) is 27.9 Å². The zero-order chi connectivity index (χ0) is 37.4. The number of phenolic OH excluding ortho intramolecular Hbond substituents is 1. The predicted molar refractivity (Wildman–Crippen MR) is 195 cm³/mol. The van der Waals surface area contributed by atoms with Crippen molar-refractivity contribution in [1.82, 2.24) is 0 Å². The number of carbonyl (C=O) groups is 5. The summed E-state index contributed by atoms with van der Waals surface area (Å²) in [7, 11) is 0. The maximum atomic E-state index is 14.6. The summed E-state index contributed by atoms with van der Waals surface area (Å²) >= 11 is 14.9. The van der Waals surface area contributed by atoms with Crippen molar-refractivity contribution in [2.75, 3.05) is 16.4 Å². The van der Waals surface area contributed by atoms with E-state index in [1.165, 1.54) is 24.3 Å². The molecule has 268 valence electrons. The van der Waals surface area contributed by atoms with Crippen LogP contribution in [0.4, 0.5) is 15.8 Å². The molecule has 0 aromatic heterocycles. The fourth-order valence-electron chi connectivity index (χ4n) is 8.53. The molecule has 1 saturated carbocycles. The van der Waals surface area contributed by atoms with Crippen LogP contribution in [-0.2, 0) is 19.2 Å². The minimum absolute atomic E-state index is 0.0672. The first-order valence-electron chi connectivity index (χ1n) is 17.2. The highest BCUT2D eigenvalue weighted by Crippen LogP contribution is 2.66. The summed E-state index contributed by atoms with van der Waals surface area (Å²) in [5.41, 5.74) is 2.19. The van der Waals surface area contributed by atoms with Gasteiger partial charge in [0.05, 0.1) is 29.8 Å². The number of ketones is 1. The number of benzene rings is 4. The van der Waals surface area contributed by atoms with Gasteiger partial charge < -0.3 is 9.84 Å². The molecule has 8 rings (SSSR count). The summed E-state index contributed by atoms with van der Waals surface area (Å²) in [5, 5.41) is 10.6. The van der Waals surface area contributed by atoms with Crippen molar-refractivity contribution in [2.45, 2.75) is 35.4 Å². The summed E-state index contributed by atoms with van der Waals surface area (Å²) in [6.45, 7) is 1.95. The molecular formula is C41H31Cl2FN2O7. The van der Waals surface area contributed by atoms with Crippen molar-refractivity contribution in [3.05, 3.63) is 131 Å². The van der Waals surface area contributed by atoms with Crippen molar-refractivity contribution in [3.8, 4) is 11.5 Å². The molecule has 3 fully saturated rings. The number of carbonyl (C=O) groups excluding carboxylic acids is 5. The highest BCUT2D eigenvalue weighted by Gasteiger charge is 2.76. The molecule has 2 saturated heterocycles. The van der Waals surface area contributed by atoms with E-state index >= 15 is 0 Å². The molecule has 4 aromatic rings. The summed E-state index contributed by atoms with van der Waals surface area (Å²) < 4.78 is 19.6. The van der Waals surface area contributed by atoms with Crippen LogP contribution in [0.2, 0.25) is 0 Å². The second-order valence-corrected chi connectivity index (χ2v) is 14.9. The monoisotopic (exact) mass is 752 g/mol. The number of rotatable bonds is 7. The third-order valence-electron chi connectivity index (χ3n) is 10.9. The first-order chi connectivity index (χ1) is 25.4. The number of hydrogen-bond donors (Lipinski definition) is 1. The number of aromatic hydroxyl groups is 1. The Morgan fingerprint density at radius 1 is 0.830 bits per heavy atom. The Morgan fingerprint density at radius 2 is 1.47 bits per heavy atom. The van der Waals surface area contributed by atoms with Crippen LogP contribution in [0.3, 0.4) is 0 Å². The number of allylic oxidation sites excluding steroid dienone is 2. The second kappa shape index (κ2) is 12.7. The van der Waals surface area contributed by atoms with Gasteiger partial charge >= 0.3 is 0 Å². The average Bonchev–Trinajstić information content (AvgIpc) is 3.50. The molecule has 12 heteroatoms. The van der Waals surface area contributed by atoms with Crippen LogP contribution in [0.1, 0.15) is 47.2 Å². The lowest BCUT2D eigenvalue weighted by molar-refractivity contribution is -0.125. The van der Waals surface area contributed by atoms with Gasteiger partial charge in [0.2, 0.25) is 11.8 Å². The van der Waals surface area contributed by atoms with Gasteiger partial charge in [-0.3, -0.25) is 28.9 Å². The number of hydrogen-bond acceptors (Lipinski definition) is 7. The van der Waals surface area contributed by atoms with Crippen LogP contribution in [-0.4, -0.2) is 50.9 Å². The van der Waals surface area contributed by atoms with Crippen LogP contribution >= 0.6 is 23.2 Å². The molecule has 0 unspecified atom stereocenters. The number of anilines is 2. The Bertz CT molecular complexity index is 2250. The van der Waals surface area contributed by atoms with E-state index in [9.17, 15) is 33.5 Å². The maximum absolute atomic E-state index is 14.6. The van der Waals surface area contributed by atoms with Gasteiger partial charge in [-0.05, 0) is 91.9 Å². The summed E-state index contributed by atoms with van der Waals surface area (Å²) in [6.07, 6.45) is 1.69. The van der Waals surface area contributed by atoms with Crippen molar-refractivity contribution in [2.24, 2.45) is 17.8 Å². The smallest absolute Gasteiger partial charge is 0.258 e. The molecule has 2 heterocycles. The quantitative estimate of drug-likeness (QED) is 0.0941. The lowest BCUT2D eigenvalue weighted by Crippen LogP contribution is -2.60. The molecule has 6 atom stereocenters. The number of fused-ring (bicyclic) bond motifs is 4. The minimum atomic E-state index is -2.14. The van der Waals surface area contributed by atoms with Gasteiger partial charge in [-0.25, -0.2) is 9.29 Å². The van der Waals surface area contributed by atoms with E-state index in [0.29, 0.717) is 22.3 Å². The molecule has 2 aliphatic heterocycles. The van der Waals surface area contributed by atoms with Gasteiger partial charge in [0.15, 0.2) is 27.0 Å². The molecular weight excluding hydrogens is 722 g/mol. The number of nitrogens with zero attached hydrogens (tertiary/aromatic N) is 2. The van der Waals surface area contributed by atoms with Crippen LogP contribution < -0.4 is 14.5 Å². The van der Waals surface area contributed by atoms with Crippen LogP contribution in [0.15, 0.2) is 109 Å². The Kier molecular flexibility index (Phi) is 8.31. The van der Waals surface area contributed by atoms with E-state index in [0.717, 1.165) is 21.9 Å². The van der Waals surface area contributed by atoms with Crippen molar-refractivity contribution in [1.29, 1.82) is 0 Å². The Balaban J connectivity index is 1.21. The van der Waals surface area contributed by atoms with E-state index < -0.39 is 62.9 Å². The van der Waals surface area contributed by atoms with Crippen LogP contribution in [0.5, 0.6) is 11.5 Å². The van der Waals surface area contributed by atoms with Gasteiger partial charge in [0.1, 0.15) is 5.82 Å². The molecule has 0 bridgehead atoms. The van der Waals surface area contributed by atoms with Gasteiger partial charge in [0.25, 0.3) is 11.8 Å². The Labute approximate surface area is 313 Å². The molecule has 1 N–H and O–H groups in total. The highest BCUT2D eigenvalue weighted by molar-refractivity contribution is 6.58. The summed E-state index contributed by atoms with van der Waals surface area (Å²) in [5.74, 6) is -7.13. The number of alkyl halides is 2. The highest BCUT2D eigenvalue weighted by atomic mass is 35.5. The molecule has 0 radical (unpaired) electrons. The van der Waals surface area contributed by atoms with E-state index in [1.807, 2.05) is 6.07 Å². The Morgan fingerprint density at radius 3 is 2.15 bits per heavy atom. The number of imide groups is 2. The van der Waals surface area contributed by atoms with Crippen molar-refractivity contribution in [3.63, 3.8) is 0 Å².